The van der Waals surface area contributed by atoms with Crippen molar-refractivity contribution in [1.82, 2.24) is 0 Å². The fourth-order valence-electron chi connectivity index (χ4n) is 4.22. The largest absolute Gasteiger partial charge is 0.485 e. The standard InChI is InChI=1S/C23H32O4/c1-6-7-12-26-21(24)16(3)17-8-9-18-19-13-15(2)10-11-23(19,25)22(4,5)27-20(18)14-17/h8-10,14,16,19,25H,6-7,11-13H2,1-5H3/t16?,19-,23-/m1/s1. The average Bonchev–Trinajstić information content (AvgIpc) is 2.62. The molecule has 0 fully saturated rings. The van der Waals surface area contributed by atoms with E-state index in [4.69, 9.17) is 9.47 Å². The number of carbonyl (C=O) groups is 1. The molecular formula is C23H32O4. The van der Waals surface area contributed by atoms with Crippen LogP contribution >= 0.6 is 0 Å². The topological polar surface area (TPSA) is 55.8 Å². The van der Waals surface area contributed by atoms with Crippen LogP contribution in [-0.2, 0) is 9.53 Å². The van der Waals surface area contributed by atoms with Gasteiger partial charge in [-0.2, -0.15) is 0 Å². The van der Waals surface area contributed by atoms with Gasteiger partial charge in [0, 0.05) is 11.5 Å². The Morgan fingerprint density at radius 3 is 2.85 bits per heavy atom. The molecule has 2 aliphatic rings. The van der Waals surface area contributed by atoms with Gasteiger partial charge in [0.1, 0.15) is 17.0 Å². The molecule has 4 nitrogen and oxygen atoms in total. The van der Waals surface area contributed by atoms with Gasteiger partial charge in [0.25, 0.3) is 0 Å². The predicted octanol–water partition coefficient (Wildman–Crippen LogP) is 4.86. The van der Waals surface area contributed by atoms with Gasteiger partial charge < -0.3 is 14.6 Å². The lowest BCUT2D eigenvalue weighted by Gasteiger charge is -2.53. The summed E-state index contributed by atoms with van der Waals surface area (Å²) in [5, 5.41) is 11.4. The zero-order chi connectivity index (χ0) is 19.8. The molecule has 0 spiro atoms. The Balaban J connectivity index is 1.90. The van der Waals surface area contributed by atoms with Crippen LogP contribution in [0.5, 0.6) is 5.75 Å². The van der Waals surface area contributed by atoms with Gasteiger partial charge in [0.2, 0.25) is 0 Å². The minimum absolute atomic E-state index is 0.00196. The molecule has 148 valence electrons. The van der Waals surface area contributed by atoms with Crippen molar-refractivity contribution < 1.29 is 19.4 Å². The highest BCUT2D eigenvalue weighted by Crippen LogP contribution is 2.54. The van der Waals surface area contributed by atoms with Crippen molar-refractivity contribution in [2.24, 2.45) is 0 Å². The summed E-state index contributed by atoms with van der Waals surface area (Å²) in [6.07, 6.45) is 5.42. The number of ether oxygens (including phenoxy) is 2. The first-order chi connectivity index (χ1) is 12.7. The molecule has 1 aliphatic carbocycles. The highest BCUT2D eigenvalue weighted by molar-refractivity contribution is 5.78. The monoisotopic (exact) mass is 372 g/mol. The number of esters is 1. The van der Waals surface area contributed by atoms with Crippen LogP contribution in [0.15, 0.2) is 29.8 Å². The normalized spacial score (nSPS) is 26.9. The first kappa shape index (κ1) is 19.9. The molecule has 3 atom stereocenters. The fraction of sp³-hybridized carbons (Fsp3) is 0.609. The molecule has 3 rings (SSSR count). The predicted molar refractivity (Wildman–Crippen MR) is 106 cm³/mol. The van der Waals surface area contributed by atoms with Crippen LogP contribution in [0, 0.1) is 0 Å². The Hall–Kier alpha value is -1.81. The second kappa shape index (κ2) is 7.31. The Labute approximate surface area is 162 Å². The summed E-state index contributed by atoms with van der Waals surface area (Å²) in [5.74, 6) is 0.233. The number of allylic oxidation sites excluding steroid dienone is 1. The molecule has 0 aromatic heterocycles. The third-order valence-electron chi connectivity index (χ3n) is 6.28. The lowest BCUT2D eigenvalue weighted by atomic mass is 9.63. The second-order valence-electron chi connectivity index (χ2n) is 8.59. The third-order valence-corrected chi connectivity index (χ3v) is 6.28. The smallest absolute Gasteiger partial charge is 0.313 e. The van der Waals surface area contributed by atoms with E-state index in [-0.39, 0.29) is 17.8 Å². The van der Waals surface area contributed by atoms with E-state index >= 15 is 0 Å². The van der Waals surface area contributed by atoms with E-state index < -0.39 is 11.2 Å². The van der Waals surface area contributed by atoms with Gasteiger partial charge >= 0.3 is 5.97 Å². The number of benzene rings is 1. The summed E-state index contributed by atoms with van der Waals surface area (Å²) in [5.41, 5.74) is 1.58. The Morgan fingerprint density at radius 1 is 1.41 bits per heavy atom. The van der Waals surface area contributed by atoms with Gasteiger partial charge in [-0.25, -0.2) is 0 Å². The zero-order valence-electron chi connectivity index (χ0n) is 17.2. The molecule has 1 aliphatic heterocycles. The SMILES string of the molecule is CCCCOC(=O)C(C)c1ccc2c(c1)OC(C)(C)[C@@]1(O)CC=C(C)C[C@H]21. The van der Waals surface area contributed by atoms with Crippen LogP contribution in [0.1, 0.15) is 83.3 Å². The first-order valence-electron chi connectivity index (χ1n) is 10.1. The van der Waals surface area contributed by atoms with Crippen LogP contribution in [0.2, 0.25) is 0 Å². The van der Waals surface area contributed by atoms with Crippen LogP contribution < -0.4 is 4.74 Å². The van der Waals surface area contributed by atoms with Gasteiger partial charge in [-0.1, -0.05) is 37.1 Å². The van der Waals surface area contributed by atoms with Gasteiger partial charge in [0.05, 0.1) is 12.5 Å². The minimum Gasteiger partial charge on any atom is -0.485 e. The number of hydrogen-bond donors (Lipinski definition) is 1. The number of hydrogen-bond acceptors (Lipinski definition) is 4. The quantitative estimate of drug-likeness (QED) is 0.456. The summed E-state index contributed by atoms with van der Waals surface area (Å²) in [4.78, 5) is 12.3. The zero-order valence-corrected chi connectivity index (χ0v) is 17.2. The van der Waals surface area contributed by atoms with Crippen molar-refractivity contribution in [3.05, 3.63) is 41.0 Å². The molecule has 0 amide bonds. The molecule has 0 radical (unpaired) electrons. The average molecular weight is 373 g/mol. The highest BCUT2D eigenvalue weighted by atomic mass is 16.5. The summed E-state index contributed by atoms with van der Waals surface area (Å²) in [7, 11) is 0. The van der Waals surface area contributed by atoms with Gasteiger partial charge in [-0.05, 0) is 58.6 Å². The minimum atomic E-state index is -0.925. The van der Waals surface area contributed by atoms with E-state index in [1.165, 1.54) is 5.57 Å². The van der Waals surface area contributed by atoms with E-state index in [1.807, 2.05) is 39.0 Å². The van der Waals surface area contributed by atoms with E-state index in [9.17, 15) is 9.90 Å². The van der Waals surface area contributed by atoms with E-state index in [0.29, 0.717) is 13.0 Å². The molecular weight excluding hydrogens is 340 g/mol. The molecule has 0 saturated carbocycles. The maximum atomic E-state index is 12.3. The molecule has 1 unspecified atom stereocenters. The Morgan fingerprint density at radius 2 is 2.15 bits per heavy atom. The van der Waals surface area contributed by atoms with Crippen molar-refractivity contribution in [2.75, 3.05) is 6.61 Å². The number of unbranched alkanes of at least 4 members (excludes halogenated alkanes) is 1. The Kier molecular flexibility index (Phi) is 5.40. The summed E-state index contributed by atoms with van der Waals surface area (Å²) >= 11 is 0. The molecule has 4 heteroatoms. The summed E-state index contributed by atoms with van der Waals surface area (Å²) in [6, 6.07) is 5.94. The number of carbonyl (C=O) groups excluding carboxylic acids is 1. The molecule has 1 aromatic carbocycles. The van der Waals surface area contributed by atoms with Crippen LogP contribution in [-0.4, -0.2) is 28.9 Å². The molecule has 1 heterocycles. The van der Waals surface area contributed by atoms with Gasteiger partial charge in [-0.3, -0.25) is 4.79 Å². The number of fused-ring (bicyclic) bond motifs is 3. The van der Waals surface area contributed by atoms with Crippen LogP contribution in [0.3, 0.4) is 0 Å². The maximum Gasteiger partial charge on any atom is 0.313 e. The second-order valence-corrected chi connectivity index (χ2v) is 8.59. The van der Waals surface area contributed by atoms with Crippen molar-refractivity contribution in [3.63, 3.8) is 0 Å². The molecule has 1 N–H and O–H groups in total. The first-order valence-corrected chi connectivity index (χ1v) is 10.1. The van der Waals surface area contributed by atoms with Crippen LogP contribution in [0.4, 0.5) is 0 Å². The number of rotatable bonds is 5. The Bertz CT molecular complexity index is 749. The molecule has 1 aromatic rings. The van der Waals surface area contributed by atoms with Gasteiger partial charge in [0.15, 0.2) is 0 Å². The molecule has 0 saturated heterocycles. The molecule has 0 bridgehead atoms. The van der Waals surface area contributed by atoms with E-state index in [2.05, 4.69) is 19.9 Å². The lowest BCUT2D eigenvalue weighted by molar-refractivity contribution is -0.146. The van der Waals surface area contributed by atoms with Gasteiger partial charge in [-0.15, -0.1) is 0 Å². The van der Waals surface area contributed by atoms with Crippen molar-refractivity contribution in [1.29, 1.82) is 0 Å². The van der Waals surface area contributed by atoms with E-state index in [0.717, 1.165) is 36.1 Å². The van der Waals surface area contributed by atoms with Crippen molar-refractivity contribution in [3.8, 4) is 5.75 Å². The van der Waals surface area contributed by atoms with Crippen molar-refractivity contribution >= 4 is 5.97 Å². The molecule has 27 heavy (non-hydrogen) atoms. The fourth-order valence-corrected chi connectivity index (χ4v) is 4.22. The lowest BCUT2D eigenvalue weighted by Crippen LogP contribution is -2.60. The maximum absolute atomic E-state index is 12.3. The summed E-state index contributed by atoms with van der Waals surface area (Å²) < 4.78 is 11.6. The van der Waals surface area contributed by atoms with Crippen molar-refractivity contribution in [2.45, 2.75) is 83.3 Å². The summed E-state index contributed by atoms with van der Waals surface area (Å²) in [6.45, 7) is 10.4. The van der Waals surface area contributed by atoms with Crippen LogP contribution in [0.25, 0.3) is 0 Å². The number of aliphatic hydroxyl groups is 1. The van der Waals surface area contributed by atoms with E-state index in [1.54, 1.807) is 0 Å². The third kappa shape index (κ3) is 3.52. The highest BCUT2D eigenvalue weighted by Gasteiger charge is 2.56.